The van der Waals surface area contributed by atoms with Crippen LogP contribution in [0.15, 0.2) is 18.2 Å². The van der Waals surface area contributed by atoms with Gasteiger partial charge in [-0.25, -0.2) is 0 Å². The zero-order chi connectivity index (χ0) is 14.6. The van der Waals surface area contributed by atoms with Crippen LogP contribution in [-0.2, 0) is 6.61 Å². The molecule has 6 nitrogen and oxygen atoms in total. The molecule has 19 heavy (non-hydrogen) atoms. The van der Waals surface area contributed by atoms with Crippen LogP contribution in [0.4, 0.5) is 5.69 Å². The summed E-state index contributed by atoms with van der Waals surface area (Å²) in [5.74, 6) is 0.0476. The Kier molecular flexibility index (Phi) is 4.85. The molecule has 6 heteroatoms. The van der Waals surface area contributed by atoms with Gasteiger partial charge in [0.05, 0.1) is 17.1 Å². The minimum absolute atomic E-state index is 0.0377. The summed E-state index contributed by atoms with van der Waals surface area (Å²) in [5.41, 5.74) is -0.843. The van der Waals surface area contributed by atoms with Gasteiger partial charge in [-0.15, -0.1) is 0 Å². The molecule has 0 fully saturated rings. The first-order valence-electron chi connectivity index (χ1n) is 6.01. The van der Waals surface area contributed by atoms with Crippen LogP contribution in [0.2, 0.25) is 0 Å². The average Bonchev–Trinajstić information content (AvgIpc) is 2.35. The van der Waals surface area contributed by atoms with Gasteiger partial charge in [0.15, 0.2) is 5.75 Å². The molecule has 0 saturated heterocycles. The van der Waals surface area contributed by atoms with Gasteiger partial charge in [-0.1, -0.05) is 19.9 Å². The van der Waals surface area contributed by atoms with E-state index in [2.05, 4.69) is 0 Å². The number of ether oxygens (including phenoxy) is 1. The molecule has 0 bridgehead atoms. The van der Waals surface area contributed by atoms with Crippen molar-refractivity contribution in [3.63, 3.8) is 0 Å². The SMILES string of the molecule is CC(C)C(C)(O)COc1ccc(CO)cc1[N+](=O)[O-]. The van der Waals surface area contributed by atoms with E-state index in [0.29, 0.717) is 5.56 Å². The molecule has 0 aromatic heterocycles. The number of nitro groups is 1. The topological polar surface area (TPSA) is 92.8 Å². The van der Waals surface area contributed by atoms with Crippen molar-refractivity contribution in [1.82, 2.24) is 0 Å². The number of hydrogen-bond acceptors (Lipinski definition) is 5. The zero-order valence-corrected chi connectivity index (χ0v) is 11.3. The van der Waals surface area contributed by atoms with Crippen molar-refractivity contribution in [3.05, 3.63) is 33.9 Å². The highest BCUT2D eigenvalue weighted by molar-refractivity contribution is 5.48. The minimum atomic E-state index is -1.07. The Bertz CT molecular complexity index is 456. The first-order chi connectivity index (χ1) is 8.77. The number of nitro benzene ring substituents is 1. The van der Waals surface area contributed by atoms with Gasteiger partial charge in [-0.2, -0.15) is 0 Å². The number of hydrogen-bond donors (Lipinski definition) is 2. The van der Waals surface area contributed by atoms with E-state index < -0.39 is 10.5 Å². The van der Waals surface area contributed by atoms with Crippen LogP contribution in [0.5, 0.6) is 5.75 Å². The van der Waals surface area contributed by atoms with Crippen molar-refractivity contribution in [1.29, 1.82) is 0 Å². The lowest BCUT2D eigenvalue weighted by Crippen LogP contribution is -2.37. The molecule has 1 aromatic carbocycles. The van der Waals surface area contributed by atoms with Crippen LogP contribution < -0.4 is 4.74 Å². The average molecular weight is 269 g/mol. The van der Waals surface area contributed by atoms with Crippen molar-refractivity contribution in [2.75, 3.05) is 6.61 Å². The van der Waals surface area contributed by atoms with Gasteiger partial charge in [0.2, 0.25) is 0 Å². The molecule has 1 unspecified atom stereocenters. The van der Waals surface area contributed by atoms with Gasteiger partial charge in [0, 0.05) is 6.07 Å². The van der Waals surface area contributed by atoms with E-state index in [9.17, 15) is 15.2 Å². The monoisotopic (exact) mass is 269 g/mol. The maximum atomic E-state index is 10.9. The van der Waals surface area contributed by atoms with E-state index in [-0.39, 0.29) is 30.6 Å². The molecule has 1 aromatic rings. The fourth-order valence-corrected chi connectivity index (χ4v) is 1.32. The Morgan fingerprint density at radius 2 is 2.11 bits per heavy atom. The molecule has 0 aliphatic heterocycles. The summed E-state index contributed by atoms with van der Waals surface area (Å²) in [6.07, 6.45) is 0. The van der Waals surface area contributed by atoms with Gasteiger partial charge in [-0.05, 0) is 24.5 Å². The second-order valence-corrected chi connectivity index (χ2v) is 5.02. The Balaban J connectivity index is 2.92. The summed E-state index contributed by atoms with van der Waals surface area (Å²) in [7, 11) is 0. The second kappa shape index (κ2) is 5.99. The lowest BCUT2D eigenvalue weighted by molar-refractivity contribution is -0.386. The quantitative estimate of drug-likeness (QED) is 0.607. The van der Waals surface area contributed by atoms with Gasteiger partial charge in [0.25, 0.3) is 0 Å². The fourth-order valence-electron chi connectivity index (χ4n) is 1.32. The number of nitrogens with zero attached hydrogens (tertiary/aromatic N) is 1. The molecule has 2 N–H and O–H groups in total. The van der Waals surface area contributed by atoms with Crippen LogP contribution in [0.3, 0.4) is 0 Å². The van der Waals surface area contributed by atoms with Crippen LogP contribution in [-0.4, -0.2) is 27.3 Å². The zero-order valence-electron chi connectivity index (χ0n) is 11.3. The van der Waals surface area contributed by atoms with Crippen molar-refractivity contribution in [3.8, 4) is 5.75 Å². The number of benzene rings is 1. The molecule has 0 aliphatic rings. The third-order valence-electron chi connectivity index (χ3n) is 3.17. The summed E-state index contributed by atoms with van der Waals surface area (Å²) in [5, 5.41) is 29.9. The summed E-state index contributed by atoms with van der Waals surface area (Å²) >= 11 is 0. The molecule has 1 rings (SSSR count). The highest BCUT2D eigenvalue weighted by atomic mass is 16.6. The highest BCUT2D eigenvalue weighted by Crippen LogP contribution is 2.29. The molecule has 0 saturated carbocycles. The van der Waals surface area contributed by atoms with E-state index in [1.54, 1.807) is 13.0 Å². The fraction of sp³-hybridized carbons (Fsp3) is 0.538. The van der Waals surface area contributed by atoms with E-state index in [1.807, 2.05) is 13.8 Å². The van der Waals surface area contributed by atoms with Crippen molar-refractivity contribution < 1.29 is 19.9 Å². The van der Waals surface area contributed by atoms with E-state index in [4.69, 9.17) is 9.84 Å². The molecule has 0 heterocycles. The van der Waals surface area contributed by atoms with E-state index >= 15 is 0 Å². The summed E-state index contributed by atoms with van der Waals surface area (Å²) in [6, 6.07) is 4.24. The minimum Gasteiger partial charge on any atom is -0.484 e. The van der Waals surface area contributed by atoms with E-state index in [0.717, 1.165) is 0 Å². The molecular formula is C13H19NO5. The summed E-state index contributed by atoms with van der Waals surface area (Å²) < 4.78 is 5.35. The number of rotatable bonds is 6. The van der Waals surface area contributed by atoms with Crippen molar-refractivity contribution in [2.45, 2.75) is 33.0 Å². The van der Waals surface area contributed by atoms with Crippen LogP contribution in [0.1, 0.15) is 26.3 Å². The Labute approximate surface area is 111 Å². The van der Waals surface area contributed by atoms with Crippen LogP contribution in [0.25, 0.3) is 0 Å². The van der Waals surface area contributed by atoms with Crippen molar-refractivity contribution >= 4 is 5.69 Å². The number of aliphatic hydroxyl groups excluding tert-OH is 1. The van der Waals surface area contributed by atoms with Crippen LogP contribution >= 0.6 is 0 Å². The smallest absolute Gasteiger partial charge is 0.311 e. The third-order valence-corrected chi connectivity index (χ3v) is 3.17. The third kappa shape index (κ3) is 3.90. The highest BCUT2D eigenvalue weighted by Gasteiger charge is 2.27. The first kappa shape index (κ1) is 15.4. The molecule has 0 amide bonds. The second-order valence-electron chi connectivity index (χ2n) is 5.02. The lowest BCUT2D eigenvalue weighted by atomic mass is 9.94. The Morgan fingerprint density at radius 1 is 1.47 bits per heavy atom. The standard InChI is InChI=1S/C13H19NO5/c1-9(2)13(3,16)8-19-12-5-4-10(7-15)6-11(12)14(17)18/h4-6,9,15-16H,7-8H2,1-3H3. The first-order valence-corrected chi connectivity index (χ1v) is 6.01. The van der Waals surface area contributed by atoms with Crippen LogP contribution in [0, 0.1) is 16.0 Å². The van der Waals surface area contributed by atoms with Crippen molar-refractivity contribution in [2.24, 2.45) is 5.92 Å². The maximum absolute atomic E-state index is 10.9. The van der Waals surface area contributed by atoms with Gasteiger partial charge in [0.1, 0.15) is 6.61 Å². The molecule has 1 atom stereocenters. The molecule has 106 valence electrons. The number of aliphatic hydroxyl groups is 2. The largest absolute Gasteiger partial charge is 0.484 e. The molecule has 0 spiro atoms. The predicted octanol–water partition coefficient (Wildman–Crippen LogP) is 1.87. The van der Waals surface area contributed by atoms with Gasteiger partial charge >= 0.3 is 5.69 Å². The predicted molar refractivity (Wildman–Crippen MR) is 70.0 cm³/mol. The lowest BCUT2D eigenvalue weighted by Gasteiger charge is -2.27. The Hall–Kier alpha value is -1.66. The maximum Gasteiger partial charge on any atom is 0.311 e. The summed E-state index contributed by atoms with van der Waals surface area (Å²) in [6.45, 7) is 4.99. The molecular weight excluding hydrogens is 250 g/mol. The summed E-state index contributed by atoms with van der Waals surface area (Å²) in [4.78, 5) is 10.4. The Morgan fingerprint density at radius 3 is 2.58 bits per heavy atom. The normalized spacial score (nSPS) is 14.2. The van der Waals surface area contributed by atoms with E-state index in [1.165, 1.54) is 12.1 Å². The molecule has 0 aliphatic carbocycles. The van der Waals surface area contributed by atoms with Gasteiger partial charge in [-0.3, -0.25) is 10.1 Å². The van der Waals surface area contributed by atoms with Gasteiger partial charge < -0.3 is 14.9 Å². The molecule has 0 radical (unpaired) electrons.